The molecule has 0 aliphatic carbocycles. The van der Waals surface area contributed by atoms with Crippen LogP contribution in [-0.4, -0.2) is 37.6 Å². The first-order valence-electron chi connectivity index (χ1n) is 8.38. The average Bonchev–Trinajstić information content (AvgIpc) is 2.63. The Morgan fingerprint density at radius 1 is 0.913 bits per heavy atom. The quantitative estimate of drug-likeness (QED) is 0.923. The van der Waals surface area contributed by atoms with Crippen molar-refractivity contribution < 1.29 is 0 Å². The van der Waals surface area contributed by atoms with Crippen molar-refractivity contribution in [3.63, 3.8) is 0 Å². The molecule has 0 spiro atoms. The molecule has 1 heterocycles. The van der Waals surface area contributed by atoms with E-state index in [4.69, 9.17) is 5.26 Å². The second-order valence-electron chi connectivity index (χ2n) is 6.08. The molecule has 1 N–H and O–H groups in total. The number of nitrogens with zero attached hydrogens (tertiary/aromatic N) is 2. The molecule has 3 heteroatoms. The number of rotatable bonds is 5. The van der Waals surface area contributed by atoms with E-state index in [0.29, 0.717) is 5.56 Å². The molecular formula is C20H23N3. The van der Waals surface area contributed by atoms with Crippen LogP contribution in [0.2, 0.25) is 0 Å². The Balaban J connectivity index is 1.53. The molecule has 1 aliphatic rings. The van der Waals surface area contributed by atoms with Crippen molar-refractivity contribution in [2.24, 2.45) is 0 Å². The molecule has 2 aromatic rings. The first kappa shape index (κ1) is 15.7. The van der Waals surface area contributed by atoms with Crippen LogP contribution >= 0.6 is 0 Å². The van der Waals surface area contributed by atoms with Crippen LogP contribution in [0.3, 0.4) is 0 Å². The van der Waals surface area contributed by atoms with E-state index >= 15 is 0 Å². The minimum absolute atomic E-state index is 0.707. The fourth-order valence-corrected chi connectivity index (χ4v) is 3.04. The van der Waals surface area contributed by atoms with Crippen LogP contribution in [0.5, 0.6) is 0 Å². The second-order valence-corrected chi connectivity index (χ2v) is 6.08. The maximum atomic E-state index is 8.86. The largest absolute Gasteiger partial charge is 0.314 e. The van der Waals surface area contributed by atoms with E-state index in [1.165, 1.54) is 37.2 Å². The first-order valence-corrected chi connectivity index (χ1v) is 8.38. The molecule has 0 bridgehead atoms. The first-order chi connectivity index (χ1) is 11.3. The minimum Gasteiger partial charge on any atom is -0.314 e. The average molecular weight is 305 g/mol. The molecule has 3 nitrogen and oxygen atoms in total. The van der Waals surface area contributed by atoms with Gasteiger partial charge in [-0.15, -0.1) is 0 Å². The predicted molar refractivity (Wildman–Crippen MR) is 94.2 cm³/mol. The van der Waals surface area contributed by atoms with Crippen LogP contribution < -0.4 is 5.32 Å². The van der Waals surface area contributed by atoms with Gasteiger partial charge in [0.2, 0.25) is 0 Å². The SMILES string of the molecule is N#Cc1ccc(-c2ccc(CCCN3CCNCC3)cc2)cc1. The summed E-state index contributed by atoms with van der Waals surface area (Å²) in [5, 5.41) is 12.2. The van der Waals surface area contributed by atoms with Crippen LogP contribution in [0.4, 0.5) is 0 Å². The molecular weight excluding hydrogens is 282 g/mol. The van der Waals surface area contributed by atoms with Gasteiger partial charge in [-0.25, -0.2) is 0 Å². The number of hydrogen-bond donors (Lipinski definition) is 1. The van der Waals surface area contributed by atoms with Crippen LogP contribution in [0.25, 0.3) is 11.1 Å². The van der Waals surface area contributed by atoms with Crippen molar-refractivity contribution >= 4 is 0 Å². The minimum atomic E-state index is 0.707. The number of piperazine rings is 1. The van der Waals surface area contributed by atoms with E-state index in [2.05, 4.69) is 40.6 Å². The summed E-state index contributed by atoms with van der Waals surface area (Å²) in [6, 6.07) is 18.7. The molecule has 0 saturated carbocycles. The highest BCUT2D eigenvalue weighted by molar-refractivity contribution is 5.64. The molecule has 3 rings (SSSR count). The third-order valence-corrected chi connectivity index (χ3v) is 4.45. The summed E-state index contributed by atoms with van der Waals surface area (Å²) < 4.78 is 0. The van der Waals surface area contributed by atoms with Crippen molar-refractivity contribution in [2.75, 3.05) is 32.7 Å². The van der Waals surface area contributed by atoms with E-state index in [-0.39, 0.29) is 0 Å². The van der Waals surface area contributed by atoms with Gasteiger partial charge < -0.3 is 10.2 Å². The molecule has 118 valence electrons. The van der Waals surface area contributed by atoms with E-state index < -0.39 is 0 Å². The van der Waals surface area contributed by atoms with E-state index in [0.717, 1.165) is 25.1 Å². The fraction of sp³-hybridized carbons (Fsp3) is 0.350. The summed E-state index contributed by atoms with van der Waals surface area (Å²) in [5.41, 5.74) is 4.48. The Morgan fingerprint density at radius 2 is 1.52 bits per heavy atom. The number of nitriles is 1. The van der Waals surface area contributed by atoms with Gasteiger partial charge in [0, 0.05) is 26.2 Å². The maximum absolute atomic E-state index is 8.86. The highest BCUT2D eigenvalue weighted by Gasteiger charge is 2.08. The summed E-state index contributed by atoms with van der Waals surface area (Å²) in [6.45, 7) is 5.80. The van der Waals surface area contributed by atoms with Crippen LogP contribution in [0.1, 0.15) is 17.5 Å². The van der Waals surface area contributed by atoms with Crippen molar-refractivity contribution in [3.05, 3.63) is 59.7 Å². The molecule has 0 atom stereocenters. The number of hydrogen-bond acceptors (Lipinski definition) is 3. The molecule has 23 heavy (non-hydrogen) atoms. The van der Waals surface area contributed by atoms with Gasteiger partial charge in [0.15, 0.2) is 0 Å². The maximum Gasteiger partial charge on any atom is 0.0991 e. The summed E-state index contributed by atoms with van der Waals surface area (Å²) in [7, 11) is 0. The van der Waals surface area contributed by atoms with Gasteiger partial charge in [0.05, 0.1) is 11.6 Å². The van der Waals surface area contributed by atoms with Crippen molar-refractivity contribution in [1.82, 2.24) is 10.2 Å². The van der Waals surface area contributed by atoms with Crippen LogP contribution in [0.15, 0.2) is 48.5 Å². The molecule has 0 aromatic heterocycles. The Labute approximate surface area is 138 Å². The molecule has 0 unspecified atom stereocenters. The lowest BCUT2D eigenvalue weighted by Crippen LogP contribution is -2.43. The van der Waals surface area contributed by atoms with Crippen molar-refractivity contribution in [3.8, 4) is 17.2 Å². The zero-order valence-corrected chi connectivity index (χ0v) is 13.5. The third-order valence-electron chi connectivity index (χ3n) is 4.45. The molecule has 1 fully saturated rings. The summed E-state index contributed by atoms with van der Waals surface area (Å²) in [5.74, 6) is 0. The van der Waals surface area contributed by atoms with Crippen molar-refractivity contribution in [1.29, 1.82) is 5.26 Å². The van der Waals surface area contributed by atoms with Gasteiger partial charge in [0.1, 0.15) is 0 Å². The fourth-order valence-electron chi connectivity index (χ4n) is 3.04. The standard InChI is InChI=1S/C20H23N3/c21-16-18-5-9-20(10-6-18)19-7-3-17(4-8-19)2-1-13-23-14-11-22-12-15-23/h3-10,22H,1-2,11-15H2. The Hall–Kier alpha value is -2.15. The highest BCUT2D eigenvalue weighted by atomic mass is 15.2. The van der Waals surface area contributed by atoms with E-state index in [9.17, 15) is 0 Å². The lowest BCUT2D eigenvalue weighted by Gasteiger charge is -2.27. The lowest BCUT2D eigenvalue weighted by molar-refractivity contribution is 0.238. The highest BCUT2D eigenvalue weighted by Crippen LogP contribution is 2.20. The summed E-state index contributed by atoms with van der Waals surface area (Å²) in [4.78, 5) is 2.54. The summed E-state index contributed by atoms with van der Waals surface area (Å²) >= 11 is 0. The lowest BCUT2D eigenvalue weighted by atomic mass is 10.0. The Kier molecular flexibility index (Phi) is 5.42. The van der Waals surface area contributed by atoms with Crippen molar-refractivity contribution in [2.45, 2.75) is 12.8 Å². The van der Waals surface area contributed by atoms with E-state index in [1.807, 2.05) is 24.3 Å². The van der Waals surface area contributed by atoms with Crippen LogP contribution in [0, 0.1) is 11.3 Å². The monoisotopic (exact) mass is 305 g/mol. The predicted octanol–water partition coefficient (Wildman–Crippen LogP) is 3.06. The Bertz CT molecular complexity index is 647. The normalized spacial score (nSPS) is 15.3. The second kappa shape index (κ2) is 7.92. The molecule has 2 aromatic carbocycles. The van der Waals surface area contributed by atoms with Gasteiger partial charge in [0.25, 0.3) is 0 Å². The third kappa shape index (κ3) is 4.41. The van der Waals surface area contributed by atoms with Gasteiger partial charge in [-0.3, -0.25) is 0 Å². The van der Waals surface area contributed by atoms with Gasteiger partial charge in [-0.1, -0.05) is 36.4 Å². The topological polar surface area (TPSA) is 39.1 Å². The zero-order valence-electron chi connectivity index (χ0n) is 13.5. The summed E-state index contributed by atoms with van der Waals surface area (Å²) in [6.07, 6.45) is 2.35. The number of benzene rings is 2. The van der Waals surface area contributed by atoms with E-state index in [1.54, 1.807) is 0 Å². The zero-order chi connectivity index (χ0) is 15.9. The van der Waals surface area contributed by atoms with Gasteiger partial charge in [-0.05, 0) is 48.2 Å². The molecule has 1 saturated heterocycles. The van der Waals surface area contributed by atoms with Crippen LogP contribution in [-0.2, 0) is 6.42 Å². The molecule has 0 amide bonds. The number of aryl methyl sites for hydroxylation is 1. The van der Waals surface area contributed by atoms with Gasteiger partial charge in [-0.2, -0.15) is 5.26 Å². The Morgan fingerprint density at radius 3 is 2.13 bits per heavy atom. The smallest absolute Gasteiger partial charge is 0.0991 e. The van der Waals surface area contributed by atoms with Gasteiger partial charge >= 0.3 is 0 Å². The molecule has 0 radical (unpaired) electrons. The number of nitrogens with one attached hydrogen (secondary N) is 1. The molecule has 1 aliphatic heterocycles.